The fourth-order valence-corrected chi connectivity index (χ4v) is 3.67. The van der Waals surface area contributed by atoms with Gasteiger partial charge in [-0.3, -0.25) is 4.79 Å². The Morgan fingerprint density at radius 3 is 2.62 bits per heavy atom. The molecule has 90 valence electrons. The maximum Gasteiger partial charge on any atom is 0.277 e. The minimum absolute atomic E-state index is 0.324. The molecule has 0 spiro atoms. The van der Waals surface area contributed by atoms with E-state index in [1.54, 1.807) is 6.07 Å². The summed E-state index contributed by atoms with van der Waals surface area (Å²) in [5, 5.41) is 2.13. The number of nitrogens with two attached hydrogens (primary N) is 1. The van der Waals surface area contributed by atoms with E-state index in [2.05, 4.69) is 37.2 Å². The zero-order valence-electron chi connectivity index (χ0n) is 7.90. The van der Waals surface area contributed by atoms with Crippen molar-refractivity contribution in [2.24, 2.45) is 5.73 Å². The van der Waals surface area contributed by atoms with Crippen LogP contribution in [0.3, 0.4) is 0 Å². The van der Waals surface area contributed by atoms with Gasteiger partial charge in [-0.15, -0.1) is 11.3 Å². The maximum absolute atomic E-state index is 12.8. The molecule has 1 rings (SSSR count). The Bertz CT molecular complexity index is 397. The molecule has 0 radical (unpaired) electrons. The molecule has 3 nitrogen and oxygen atoms in total. The van der Waals surface area contributed by atoms with Crippen LogP contribution in [0, 0.1) is 0 Å². The standard InChI is InChI=1S/C8H8Br2F2N2OS/c9-5-1-4(6(10)16-5)7(15)14-3-8(11,12)2-13/h1H,2-3,13H2,(H,14,15). The van der Waals surface area contributed by atoms with Crippen LogP contribution in [0.4, 0.5) is 8.78 Å². The van der Waals surface area contributed by atoms with Gasteiger partial charge in [0, 0.05) is 0 Å². The predicted molar refractivity (Wildman–Crippen MR) is 66.1 cm³/mol. The largest absolute Gasteiger partial charge is 0.346 e. The molecule has 1 heterocycles. The Labute approximate surface area is 112 Å². The van der Waals surface area contributed by atoms with Crippen molar-refractivity contribution in [3.05, 3.63) is 19.2 Å². The van der Waals surface area contributed by atoms with Gasteiger partial charge in [0.25, 0.3) is 11.8 Å². The van der Waals surface area contributed by atoms with Crippen molar-refractivity contribution in [3.63, 3.8) is 0 Å². The smallest absolute Gasteiger partial charge is 0.277 e. The van der Waals surface area contributed by atoms with E-state index in [9.17, 15) is 13.6 Å². The lowest BCUT2D eigenvalue weighted by Gasteiger charge is -2.14. The fourth-order valence-electron chi connectivity index (χ4n) is 0.872. The maximum atomic E-state index is 12.8. The van der Waals surface area contributed by atoms with Crippen molar-refractivity contribution >= 4 is 49.1 Å². The Kier molecular flexibility index (Phi) is 4.84. The first kappa shape index (κ1) is 14.0. The van der Waals surface area contributed by atoms with Crippen LogP contribution in [0.15, 0.2) is 13.6 Å². The van der Waals surface area contributed by atoms with Gasteiger partial charge in [0.2, 0.25) is 0 Å². The van der Waals surface area contributed by atoms with Crippen LogP contribution < -0.4 is 11.1 Å². The van der Waals surface area contributed by atoms with Crippen LogP contribution in [0.1, 0.15) is 10.4 Å². The van der Waals surface area contributed by atoms with E-state index in [1.165, 1.54) is 11.3 Å². The first-order chi connectivity index (χ1) is 7.35. The van der Waals surface area contributed by atoms with Gasteiger partial charge >= 0.3 is 0 Å². The number of hydrogen-bond acceptors (Lipinski definition) is 3. The molecule has 0 saturated heterocycles. The number of carbonyl (C=O) groups excluding carboxylic acids is 1. The molecule has 1 aromatic heterocycles. The van der Waals surface area contributed by atoms with Crippen molar-refractivity contribution < 1.29 is 13.6 Å². The van der Waals surface area contributed by atoms with Gasteiger partial charge in [-0.25, -0.2) is 8.78 Å². The summed E-state index contributed by atoms with van der Waals surface area (Å²) in [4.78, 5) is 11.5. The minimum atomic E-state index is -3.07. The number of rotatable bonds is 4. The summed E-state index contributed by atoms with van der Waals surface area (Å²) in [6, 6.07) is 1.56. The monoisotopic (exact) mass is 376 g/mol. The molecule has 0 bridgehead atoms. The van der Waals surface area contributed by atoms with Crippen molar-refractivity contribution in [1.29, 1.82) is 0 Å². The van der Waals surface area contributed by atoms with Gasteiger partial charge in [0.05, 0.1) is 26.2 Å². The minimum Gasteiger partial charge on any atom is -0.346 e. The molecule has 3 N–H and O–H groups in total. The number of thiophene rings is 1. The molecule has 0 aliphatic heterocycles. The molecule has 0 aliphatic carbocycles. The predicted octanol–water partition coefficient (Wildman–Crippen LogP) is 2.60. The Hall–Kier alpha value is -0.0500. The van der Waals surface area contributed by atoms with E-state index < -0.39 is 24.9 Å². The van der Waals surface area contributed by atoms with Gasteiger partial charge in [-0.1, -0.05) is 0 Å². The molecule has 0 aromatic carbocycles. The summed E-state index contributed by atoms with van der Waals surface area (Å²) in [7, 11) is 0. The van der Waals surface area contributed by atoms with Gasteiger partial charge in [-0.2, -0.15) is 0 Å². The number of amides is 1. The zero-order valence-corrected chi connectivity index (χ0v) is 11.9. The SMILES string of the molecule is NCC(F)(F)CNC(=O)c1cc(Br)sc1Br. The van der Waals surface area contributed by atoms with Crippen molar-refractivity contribution in [2.45, 2.75) is 5.92 Å². The first-order valence-corrected chi connectivity index (χ1v) is 6.57. The quantitative estimate of drug-likeness (QED) is 0.847. The van der Waals surface area contributed by atoms with Gasteiger partial charge in [-0.05, 0) is 37.9 Å². The van der Waals surface area contributed by atoms with Crippen LogP contribution in [-0.4, -0.2) is 24.9 Å². The van der Waals surface area contributed by atoms with Crippen LogP contribution in [0.2, 0.25) is 0 Å². The number of nitrogens with one attached hydrogen (secondary N) is 1. The lowest BCUT2D eigenvalue weighted by atomic mass is 10.3. The first-order valence-electron chi connectivity index (χ1n) is 4.16. The van der Waals surface area contributed by atoms with Crippen LogP contribution in [0.5, 0.6) is 0 Å². The van der Waals surface area contributed by atoms with Gasteiger partial charge in [0.1, 0.15) is 0 Å². The highest BCUT2D eigenvalue weighted by Gasteiger charge is 2.27. The summed E-state index contributed by atoms with van der Waals surface area (Å²) >= 11 is 7.66. The van der Waals surface area contributed by atoms with Crippen molar-refractivity contribution in [3.8, 4) is 0 Å². The molecule has 0 unspecified atom stereocenters. The molecule has 1 aromatic rings. The van der Waals surface area contributed by atoms with Crippen molar-refractivity contribution in [2.75, 3.05) is 13.1 Å². The van der Waals surface area contributed by atoms with E-state index in [1.807, 2.05) is 0 Å². The molecule has 1 amide bonds. The molecular formula is C8H8Br2F2N2OS. The van der Waals surface area contributed by atoms with E-state index in [-0.39, 0.29) is 0 Å². The van der Waals surface area contributed by atoms with E-state index >= 15 is 0 Å². The number of hydrogen-bond donors (Lipinski definition) is 2. The highest BCUT2D eigenvalue weighted by Crippen LogP contribution is 2.31. The summed E-state index contributed by atoms with van der Waals surface area (Å²) in [5.74, 6) is -3.63. The average molecular weight is 378 g/mol. The lowest BCUT2D eigenvalue weighted by molar-refractivity contribution is 0.0118. The topological polar surface area (TPSA) is 55.1 Å². The Morgan fingerprint density at radius 1 is 1.56 bits per heavy atom. The van der Waals surface area contributed by atoms with Crippen LogP contribution in [0.25, 0.3) is 0 Å². The third kappa shape index (κ3) is 3.76. The second-order valence-corrected chi connectivity index (χ2v) is 6.73. The normalized spacial score (nSPS) is 11.6. The Morgan fingerprint density at radius 2 is 2.19 bits per heavy atom. The third-order valence-corrected chi connectivity index (χ3v) is 4.05. The molecule has 8 heteroatoms. The zero-order chi connectivity index (χ0) is 12.3. The second-order valence-electron chi connectivity index (χ2n) is 2.98. The number of halogens is 4. The van der Waals surface area contributed by atoms with Gasteiger partial charge < -0.3 is 11.1 Å². The van der Waals surface area contributed by atoms with Crippen LogP contribution >= 0.6 is 43.2 Å². The summed E-state index contributed by atoms with van der Waals surface area (Å²) in [6.45, 7) is -1.55. The number of alkyl halides is 2. The molecular weight excluding hydrogens is 370 g/mol. The third-order valence-electron chi connectivity index (χ3n) is 1.71. The fraction of sp³-hybridized carbons (Fsp3) is 0.375. The lowest BCUT2D eigenvalue weighted by Crippen LogP contribution is -2.41. The van der Waals surface area contributed by atoms with E-state index in [0.717, 1.165) is 3.79 Å². The van der Waals surface area contributed by atoms with Crippen LogP contribution in [-0.2, 0) is 0 Å². The summed E-state index contributed by atoms with van der Waals surface area (Å²) < 4.78 is 26.9. The summed E-state index contributed by atoms with van der Waals surface area (Å²) in [5.41, 5.74) is 5.17. The molecule has 0 atom stereocenters. The number of carbonyl (C=O) groups is 1. The molecule has 16 heavy (non-hydrogen) atoms. The molecule has 0 fully saturated rings. The average Bonchev–Trinajstić information content (AvgIpc) is 2.54. The van der Waals surface area contributed by atoms with E-state index in [0.29, 0.717) is 9.35 Å². The highest BCUT2D eigenvalue weighted by molar-refractivity contribution is 9.12. The van der Waals surface area contributed by atoms with Gasteiger partial charge in [0.15, 0.2) is 0 Å². The van der Waals surface area contributed by atoms with E-state index in [4.69, 9.17) is 5.73 Å². The molecule has 0 saturated carbocycles. The molecule has 0 aliphatic rings. The van der Waals surface area contributed by atoms with Crippen molar-refractivity contribution in [1.82, 2.24) is 5.32 Å². The summed E-state index contributed by atoms with van der Waals surface area (Å²) in [6.07, 6.45) is 0. The second kappa shape index (κ2) is 5.52. The highest BCUT2D eigenvalue weighted by atomic mass is 79.9. The Balaban J connectivity index is 2.63.